The van der Waals surface area contributed by atoms with Gasteiger partial charge in [0.25, 0.3) is 0 Å². The molecule has 1 aliphatic rings. The molecule has 7 heteroatoms. The predicted molar refractivity (Wildman–Crippen MR) is 68.7 cm³/mol. The van der Waals surface area contributed by atoms with Crippen LogP contribution in [0.25, 0.3) is 0 Å². The lowest BCUT2D eigenvalue weighted by molar-refractivity contribution is -0.129. The first-order valence-corrected chi connectivity index (χ1v) is 6.59. The summed E-state index contributed by atoms with van der Waals surface area (Å²) >= 11 is 1.17. The molecule has 98 valence electrons. The second kappa shape index (κ2) is 4.93. The maximum atomic E-state index is 11.1. The van der Waals surface area contributed by atoms with E-state index in [-0.39, 0.29) is 17.0 Å². The Hall–Kier alpha value is -1.63. The third-order valence-electron chi connectivity index (χ3n) is 2.99. The maximum Gasteiger partial charge on any atom is 0.360 e. The van der Waals surface area contributed by atoms with E-state index in [1.165, 1.54) is 11.3 Å². The van der Waals surface area contributed by atoms with Crippen LogP contribution in [0.1, 0.15) is 38.3 Å². The molecule has 6 nitrogen and oxygen atoms in total. The highest BCUT2D eigenvalue weighted by atomic mass is 32.1. The summed E-state index contributed by atoms with van der Waals surface area (Å²) in [6, 6.07) is 0. The van der Waals surface area contributed by atoms with Gasteiger partial charge in [0, 0.05) is 5.38 Å². The molecule has 1 heterocycles. The molecule has 1 aromatic heterocycles. The Labute approximate surface area is 108 Å². The van der Waals surface area contributed by atoms with Gasteiger partial charge in [-0.25, -0.2) is 9.78 Å². The van der Waals surface area contributed by atoms with Crippen LogP contribution in [-0.2, 0) is 9.63 Å². The summed E-state index contributed by atoms with van der Waals surface area (Å²) in [5, 5.41) is 14.7. The molecule has 0 amide bonds. The van der Waals surface area contributed by atoms with Crippen molar-refractivity contribution in [2.45, 2.75) is 38.2 Å². The number of hydrogen-bond donors (Lipinski definition) is 2. The van der Waals surface area contributed by atoms with Gasteiger partial charge in [0.1, 0.15) is 11.3 Å². The summed E-state index contributed by atoms with van der Waals surface area (Å²) in [7, 11) is 0. The van der Waals surface area contributed by atoms with Gasteiger partial charge >= 0.3 is 5.97 Å². The number of carbonyl (C=O) groups is 1. The fourth-order valence-corrected chi connectivity index (χ4v) is 2.51. The van der Waals surface area contributed by atoms with E-state index in [9.17, 15) is 4.79 Å². The lowest BCUT2D eigenvalue weighted by Gasteiger charge is -2.20. The van der Waals surface area contributed by atoms with Gasteiger partial charge in [0.2, 0.25) is 5.71 Å². The van der Waals surface area contributed by atoms with Crippen molar-refractivity contribution >= 4 is 28.1 Å². The number of nitrogen functional groups attached to an aromatic ring is 1. The minimum absolute atomic E-state index is 0.198. The number of oxime groups is 1. The van der Waals surface area contributed by atoms with Gasteiger partial charge in [0.05, 0.1) is 0 Å². The Morgan fingerprint density at radius 1 is 1.61 bits per heavy atom. The lowest BCUT2D eigenvalue weighted by Crippen LogP contribution is -2.24. The third-order valence-corrected chi connectivity index (χ3v) is 3.66. The summed E-state index contributed by atoms with van der Waals surface area (Å²) in [5.41, 5.74) is 5.16. The minimum Gasteiger partial charge on any atom is -0.476 e. The van der Waals surface area contributed by atoms with Gasteiger partial charge in [-0.05, 0) is 32.6 Å². The third kappa shape index (κ3) is 2.79. The molecule has 18 heavy (non-hydrogen) atoms. The van der Waals surface area contributed by atoms with Crippen molar-refractivity contribution in [3.05, 3.63) is 11.1 Å². The Kier molecular flexibility index (Phi) is 3.51. The van der Waals surface area contributed by atoms with Crippen molar-refractivity contribution in [1.29, 1.82) is 0 Å². The Morgan fingerprint density at radius 3 is 2.78 bits per heavy atom. The highest BCUT2D eigenvalue weighted by Gasteiger charge is 2.31. The summed E-state index contributed by atoms with van der Waals surface area (Å²) < 4.78 is 0. The van der Waals surface area contributed by atoms with Gasteiger partial charge < -0.3 is 15.7 Å². The van der Waals surface area contributed by atoms with E-state index in [2.05, 4.69) is 10.1 Å². The zero-order chi connectivity index (χ0) is 13.2. The molecule has 0 spiro atoms. The van der Waals surface area contributed by atoms with E-state index in [0.717, 1.165) is 25.7 Å². The molecule has 0 bridgehead atoms. The number of anilines is 1. The first-order valence-electron chi connectivity index (χ1n) is 5.71. The molecule has 0 saturated heterocycles. The highest BCUT2D eigenvalue weighted by molar-refractivity contribution is 7.13. The second-order valence-corrected chi connectivity index (χ2v) is 5.45. The molecule has 3 N–H and O–H groups in total. The normalized spacial score (nSPS) is 18.8. The maximum absolute atomic E-state index is 11.1. The van der Waals surface area contributed by atoms with E-state index in [4.69, 9.17) is 15.7 Å². The van der Waals surface area contributed by atoms with Crippen molar-refractivity contribution in [2.75, 3.05) is 5.73 Å². The predicted octanol–water partition coefficient (Wildman–Crippen LogP) is 1.86. The molecule has 0 atom stereocenters. The minimum atomic E-state index is -1.16. The molecular weight excluding hydrogens is 254 g/mol. The van der Waals surface area contributed by atoms with Crippen LogP contribution in [0.4, 0.5) is 5.13 Å². The molecule has 0 radical (unpaired) electrons. The van der Waals surface area contributed by atoms with E-state index in [1.807, 2.05) is 6.92 Å². The summed E-state index contributed by atoms with van der Waals surface area (Å²) in [6.45, 7) is 1.94. The number of carboxylic acids is 1. The van der Waals surface area contributed by atoms with Crippen LogP contribution >= 0.6 is 11.3 Å². The van der Waals surface area contributed by atoms with Crippen molar-refractivity contribution < 1.29 is 14.7 Å². The molecular formula is C11H15N3O3S. The number of rotatable bonds is 4. The van der Waals surface area contributed by atoms with Crippen LogP contribution in [0.3, 0.4) is 0 Å². The first-order chi connectivity index (χ1) is 8.50. The fourth-order valence-electron chi connectivity index (χ4n) is 1.96. The number of thiazole rings is 1. The topological polar surface area (TPSA) is 97.8 Å². The van der Waals surface area contributed by atoms with Gasteiger partial charge in [-0.3, -0.25) is 0 Å². The number of nitrogens with two attached hydrogens (primary N) is 1. The van der Waals surface area contributed by atoms with Gasteiger partial charge in [-0.15, -0.1) is 11.3 Å². The average Bonchev–Trinajstić information content (AvgIpc) is 2.89. The standard InChI is InChI=1S/C11H15N3O3S/c1-11(4-2-3-5-11)17-14-8(9(15)16)7-6-18-10(12)13-7/h6H,2-5H2,1H3,(H2,12,13)(H,15,16). The molecule has 0 aliphatic heterocycles. The summed E-state index contributed by atoms with van der Waals surface area (Å²) in [4.78, 5) is 20.4. The highest BCUT2D eigenvalue weighted by Crippen LogP contribution is 2.32. The quantitative estimate of drug-likeness (QED) is 0.642. The molecule has 1 fully saturated rings. The first kappa shape index (κ1) is 12.8. The van der Waals surface area contributed by atoms with Gasteiger partial charge in [-0.2, -0.15) is 0 Å². The smallest absolute Gasteiger partial charge is 0.360 e. The van der Waals surface area contributed by atoms with E-state index >= 15 is 0 Å². The monoisotopic (exact) mass is 269 g/mol. The van der Waals surface area contributed by atoms with E-state index in [0.29, 0.717) is 5.13 Å². The van der Waals surface area contributed by atoms with Crippen LogP contribution in [0.15, 0.2) is 10.5 Å². The Morgan fingerprint density at radius 2 is 2.28 bits per heavy atom. The SMILES string of the molecule is CC1(ON=C(C(=O)O)c2csc(N)n2)CCCC1. The van der Waals surface area contributed by atoms with Crippen LogP contribution in [0.5, 0.6) is 0 Å². The number of aliphatic carboxylic acids is 1. The van der Waals surface area contributed by atoms with Crippen LogP contribution in [-0.4, -0.2) is 27.4 Å². The van der Waals surface area contributed by atoms with Gasteiger partial charge in [0.15, 0.2) is 5.13 Å². The summed E-state index contributed by atoms with van der Waals surface area (Å²) in [5.74, 6) is -1.16. The molecule has 0 aromatic carbocycles. The zero-order valence-electron chi connectivity index (χ0n) is 10.0. The van der Waals surface area contributed by atoms with Crippen molar-refractivity contribution in [2.24, 2.45) is 5.16 Å². The summed E-state index contributed by atoms with van der Waals surface area (Å²) in [6.07, 6.45) is 3.95. The van der Waals surface area contributed by atoms with Crippen molar-refractivity contribution in [1.82, 2.24) is 4.98 Å². The van der Waals surface area contributed by atoms with Crippen LogP contribution in [0.2, 0.25) is 0 Å². The Bertz CT molecular complexity index is 478. The second-order valence-electron chi connectivity index (χ2n) is 4.56. The van der Waals surface area contributed by atoms with Crippen molar-refractivity contribution in [3.63, 3.8) is 0 Å². The largest absolute Gasteiger partial charge is 0.476 e. The number of nitrogens with zero attached hydrogens (tertiary/aromatic N) is 2. The van der Waals surface area contributed by atoms with E-state index in [1.54, 1.807) is 5.38 Å². The number of hydrogen-bond acceptors (Lipinski definition) is 6. The number of aromatic nitrogens is 1. The molecule has 1 aliphatic carbocycles. The lowest BCUT2D eigenvalue weighted by atomic mass is 10.1. The van der Waals surface area contributed by atoms with Crippen molar-refractivity contribution in [3.8, 4) is 0 Å². The average molecular weight is 269 g/mol. The molecule has 1 saturated carbocycles. The van der Waals surface area contributed by atoms with Crippen LogP contribution in [0, 0.1) is 0 Å². The Balaban J connectivity index is 2.17. The molecule has 0 unspecified atom stereocenters. The fraction of sp³-hybridized carbons (Fsp3) is 0.545. The number of carboxylic acid groups (broad SMARTS) is 1. The molecule has 1 aromatic rings. The molecule has 2 rings (SSSR count). The van der Waals surface area contributed by atoms with E-state index < -0.39 is 5.97 Å². The zero-order valence-corrected chi connectivity index (χ0v) is 10.9. The van der Waals surface area contributed by atoms with Gasteiger partial charge in [-0.1, -0.05) is 5.16 Å². The van der Waals surface area contributed by atoms with Crippen LogP contribution < -0.4 is 5.73 Å².